The summed E-state index contributed by atoms with van der Waals surface area (Å²) in [6.45, 7) is 3.54. The highest BCUT2D eigenvalue weighted by atomic mass is 32.2. The zero-order valence-electron chi connectivity index (χ0n) is 16.5. The Bertz CT molecular complexity index is 931. The van der Waals surface area contributed by atoms with Crippen LogP contribution in [0.25, 0.3) is 11.4 Å². The van der Waals surface area contributed by atoms with E-state index in [0.29, 0.717) is 24.7 Å². The fourth-order valence-electron chi connectivity index (χ4n) is 2.75. The van der Waals surface area contributed by atoms with Gasteiger partial charge in [-0.3, -0.25) is 4.79 Å². The van der Waals surface area contributed by atoms with Gasteiger partial charge in [-0.15, -0.1) is 10.2 Å². The Kier molecular flexibility index (Phi) is 7.52. The van der Waals surface area contributed by atoms with Crippen LogP contribution in [-0.4, -0.2) is 46.7 Å². The maximum atomic E-state index is 12.2. The van der Waals surface area contributed by atoms with Gasteiger partial charge in [0.05, 0.1) is 19.4 Å². The number of para-hydroxylation sites is 2. The van der Waals surface area contributed by atoms with Crippen LogP contribution in [0.3, 0.4) is 0 Å². The van der Waals surface area contributed by atoms with Gasteiger partial charge in [0.1, 0.15) is 6.61 Å². The van der Waals surface area contributed by atoms with Crippen molar-refractivity contribution >= 4 is 17.7 Å². The van der Waals surface area contributed by atoms with Gasteiger partial charge >= 0.3 is 0 Å². The van der Waals surface area contributed by atoms with Crippen LogP contribution >= 0.6 is 11.8 Å². The molecule has 0 atom stereocenters. The fourth-order valence-corrected chi connectivity index (χ4v) is 3.58. The Morgan fingerprint density at radius 2 is 1.79 bits per heavy atom. The Morgan fingerprint density at radius 1 is 1.07 bits per heavy atom. The SMILES string of the molecule is CCn1c(SCC(=O)NCCOc2ccccc2OC)nnc1-c1ccccc1. The van der Waals surface area contributed by atoms with Gasteiger partial charge in [-0.2, -0.15) is 0 Å². The number of carbonyl (C=O) groups excluding carboxylic acids is 1. The number of thioether (sulfide) groups is 1. The third-order valence-electron chi connectivity index (χ3n) is 4.15. The highest BCUT2D eigenvalue weighted by molar-refractivity contribution is 7.99. The monoisotopic (exact) mass is 412 g/mol. The molecule has 2 aromatic carbocycles. The molecule has 0 aliphatic carbocycles. The summed E-state index contributed by atoms with van der Waals surface area (Å²) in [5.41, 5.74) is 1.01. The van der Waals surface area contributed by atoms with Crippen molar-refractivity contribution in [2.45, 2.75) is 18.6 Å². The minimum atomic E-state index is -0.0782. The van der Waals surface area contributed by atoms with E-state index in [1.165, 1.54) is 11.8 Å². The largest absolute Gasteiger partial charge is 0.493 e. The molecular weight excluding hydrogens is 388 g/mol. The van der Waals surface area contributed by atoms with E-state index >= 15 is 0 Å². The molecule has 0 fully saturated rings. The van der Waals surface area contributed by atoms with Crippen molar-refractivity contribution in [2.75, 3.05) is 26.0 Å². The van der Waals surface area contributed by atoms with Crippen molar-refractivity contribution in [3.05, 3.63) is 54.6 Å². The topological polar surface area (TPSA) is 78.3 Å². The van der Waals surface area contributed by atoms with Crippen LogP contribution < -0.4 is 14.8 Å². The molecule has 29 heavy (non-hydrogen) atoms. The summed E-state index contributed by atoms with van der Waals surface area (Å²) in [6.07, 6.45) is 0. The predicted octanol–water partition coefficient (Wildman–Crippen LogP) is 3.26. The number of carbonyl (C=O) groups is 1. The first kappa shape index (κ1) is 20.7. The summed E-state index contributed by atoms with van der Waals surface area (Å²) in [4.78, 5) is 12.2. The molecule has 1 amide bonds. The summed E-state index contributed by atoms with van der Waals surface area (Å²) < 4.78 is 12.9. The second-order valence-corrected chi connectivity index (χ2v) is 7.00. The van der Waals surface area contributed by atoms with E-state index in [1.54, 1.807) is 7.11 Å². The molecule has 0 unspecified atom stereocenters. The van der Waals surface area contributed by atoms with Gasteiger partial charge in [0.15, 0.2) is 22.5 Å². The number of nitrogens with zero attached hydrogens (tertiary/aromatic N) is 3. The van der Waals surface area contributed by atoms with Crippen LogP contribution in [0.15, 0.2) is 59.8 Å². The van der Waals surface area contributed by atoms with Crippen LogP contribution in [0.5, 0.6) is 11.5 Å². The van der Waals surface area contributed by atoms with Gasteiger partial charge in [0.25, 0.3) is 0 Å². The first-order valence-corrected chi connectivity index (χ1v) is 10.4. The lowest BCUT2D eigenvalue weighted by Gasteiger charge is -2.11. The molecule has 1 heterocycles. The van der Waals surface area contributed by atoms with Crippen LogP contribution in [0.4, 0.5) is 0 Å². The van der Waals surface area contributed by atoms with Crippen molar-refractivity contribution in [1.82, 2.24) is 20.1 Å². The molecule has 0 aliphatic heterocycles. The van der Waals surface area contributed by atoms with E-state index in [-0.39, 0.29) is 11.7 Å². The first-order valence-electron chi connectivity index (χ1n) is 9.36. The first-order chi connectivity index (χ1) is 14.2. The molecule has 152 valence electrons. The molecular formula is C21H24N4O3S. The summed E-state index contributed by atoms with van der Waals surface area (Å²) >= 11 is 1.37. The van der Waals surface area contributed by atoms with Gasteiger partial charge in [-0.1, -0.05) is 54.2 Å². The number of hydrogen-bond donors (Lipinski definition) is 1. The number of ether oxygens (including phenoxy) is 2. The molecule has 0 radical (unpaired) electrons. The molecule has 0 saturated heterocycles. The lowest BCUT2D eigenvalue weighted by atomic mass is 10.2. The third kappa shape index (κ3) is 5.51. The van der Waals surface area contributed by atoms with Crippen LogP contribution in [-0.2, 0) is 11.3 Å². The zero-order chi connectivity index (χ0) is 20.5. The van der Waals surface area contributed by atoms with Gasteiger partial charge in [0, 0.05) is 12.1 Å². The van der Waals surface area contributed by atoms with Crippen LogP contribution in [0, 0.1) is 0 Å². The number of aromatic nitrogens is 3. The predicted molar refractivity (Wildman–Crippen MR) is 113 cm³/mol. The molecule has 8 heteroatoms. The molecule has 0 bridgehead atoms. The number of rotatable bonds is 10. The average molecular weight is 413 g/mol. The summed E-state index contributed by atoms with van der Waals surface area (Å²) in [5.74, 6) is 2.32. The van der Waals surface area contributed by atoms with E-state index in [4.69, 9.17) is 9.47 Å². The molecule has 7 nitrogen and oxygen atoms in total. The number of hydrogen-bond acceptors (Lipinski definition) is 6. The lowest BCUT2D eigenvalue weighted by molar-refractivity contribution is -0.118. The third-order valence-corrected chi connectivity index (χ3v) is 5.12. The number of benzene rings is 2. The smallest absolute Gasteiger partial charge is 0.230 e. The second kappa shape index (κ2) is 10.5. The zero-order valence-corrected chi connectivity index (χ0v) is 17.3. The Hall–Kier alpha value is -3.00. The van der Waals surface area contributed by atoms with E-state index in [2.05, 4.69) is 15.5 Å². The Morgan fingerprint density at radius 3 is 2.52 bits per heavy atom. The van der Waals surface area contributed by atoms with Crippen molar-refractivity contribution in [3.8, 4) is 22.9 Å². The Labute approximate surface area is 174 Å². The highest BCUT2D eigenvalue weighted by Crippen LogP contribution is 2.25. The maximum Gasteiger partial charge on any atom is 0.230 e. The van der Waals surface area contributed by atoms with Gasteiger partial charge in [-0.05, 0) is 19.1 Å². The van der Waals surface area contributed by atoms with Crippen molar-refractivity contribution in [3.63, 3.8) is 0 Å². The molecule has 0 saturated carbocycles. The molecule has 1 aromatic heterocycles. The highest BCUT2D eigenvalue weighted by Gasteiger charge is 2.14. The van der Waals surface area contributed by atoms with Crippen LogP contribution in [0.1, 0.15) is 6.92 Å². The summed E-state index contributed by atoms with van der Waals surface area (Å²) in [6, 6.07) is 17.3. The van der Waals surface area contributed by atoms with Gasteiger partial charge in [0.2, 0.25) is 5.91 Å². The maximum absolute atomic E-state index is 12.2. The van der Waals surface area contributed by atoms with Crippen molar-refractivity contribution in [2.24, 2.45) is 0 Å². The fraction of sp³-hybridized carbons (Fsp3) is 0.286. The standard InChI is InChI=1S/C21H24N4O3S/c1-3-25-20(16-9-5-4-6-10-16)23-24-21(25)29-15-19(26)22-13-14-28-18-12-8-7-11-17(18)27-2/h4-12H,3,13-15H2,1-2H3,(H,22,26). The van der Waals surface area contributed by atoms with Gasteiger partial charge in [-0.25, -0.2) is 0 Å². The minimum absolute atomic E-state index is 0.0782. The van der Waals surface area contributed by atoms with E-state index in [1.807, 2.05) is 66.1 Å². The summed E-state index contributed by atoms with van der Waals surface area (Å²) in [7, 11) is 1.60. The molecule has 3 rings (SSSR count). The lowest BCUT2D eigenvalue weighted by Crippen LogP contribution is -2.29. The summed E-state index contributed by atoms with van der Waals surface area (Å²) in [5, 5.41) is 12.1. The van der Waals surface area contributed by atoms with Crippen LogP contribution in [0.2, 0.25) is 0 Å². The molecule has 0 aliphatic rings. The molecule has 3 aromatic rings. The molecule has 1 N–H and O–H groups in total. The van der Waals surface area contributed by atoms with E-state index in [0.717, 1.165) is 23.1 Å². The molecule has 0 spiro atoms. The number of methoxy groups -OCH3 is 1. The van der Waals surface area contributed by atoms with Gasteiger partial charge < -0.3 is 19.4 Å². The number of nitrogens with one attached hydrogen (secondary N) is 1. The van der Waals surface area contributed by atoms with E-state index < -0.39 is 0 Å². The van der Waals surface area contributed by atoms with Crippen molar-refractivity contribution < 1.29 is 14.3 Å². The van der Waals surface area contributed by atoms with Crippen molar-refractivity contribution in [1.29, 1.82) is 0 Å². The van der Waals surface area contributed by atoms with E-state index in [9.17, 15) is 4.79 Å². The second-order valence-electron chi connectivity index (χ2n) is 6.05. The quantitative estimate of drug-likeness (QED) is 0.407. The minimum Gasteiger partial charge on any atom is -0.493 e. The average Bonchev–Trinajstić information content (AvgIpc) is 3.19. The number of amides is 1. The normalized spacial score (nSPS) is 10.6. The Balaban J connectivity index is 1.47.